The number of phenols is 1. The lowest BCUT2D eigenvalue weighted by molar-refractivity contribution is -0.149. The smallest absolute Gasteiger partial charge is 0.305 e. The van der Waals surface area contributed by atoms with E-state index in [1.165, 1.54) is 76.7 Å². The third-order valence-corrected chi connectivity index (χ3v) is 24.8. The molecule has 3 aliphatic heterocycles. The zero-order valence-electron chi connectivity index (χ0n) is 73.8. The number of amides is 15. The van der Waals surface area contributed by atoms with Crippen LogP contribution in [-0.4, -0.2) is 315 Å². The molecule has 1 unspecified atom stereocenters. The second-order valence-corrected chi connectivity index (χ2v) is 34.2. The summed E-state index contributed by atoms with van der Waals surface area (Å²) in [7, 11) is 3.97. The first-order chi connectivity index (χ1) is 62.0. The highest BCUT2D eigenvalue weighted by Gasteiger charge is 2.47. The Kier molecular flexibility index (Phi) is 37.3. The highest BCUT2D eigenvalue weighted by Crippen LogP contribution is 2.30. The molecule has 0 saturated carbocycles. The molecule has 704 valence electrons. The molecule has 9 rings (SSSR count). The fraction of sp³-hybridized carbons (Fsp3) is 0.523. The van der Waals surface area contributed by atoms with Gasteiger partial charge < -0.3 is 119 Å². The number of primary amides is 1. The summed E-state index contributed by atoms with van der Waals surface area (Å²) in [5.74, 6) is -18.8. The molecular weight excluding hydrogens is 1710 g/mol. The van der Waals surface area contributed by atoms with Crippen molar-refractivity contribution in [3.63, 3.8) is 0 Å². The number of nitrogens with one attached hydrogen (secondary N) is 12. The largest absolute Gasteiger partial charge is 0.508 e. The molecule has 130 heavy (non-hydrogen) atoms. The molecule has 41 nitrogen and oxygen atoms in total. The van der Waals surface area contributed by atoms with Gasteiger partial charge in [0.25, 0.3) is 0 Å². The number of carboxylic acids is 1. The molecule has 0 radical (unpaired) electrons. The van der Waals surface area contributed by atoms with Crippen LogP contribution in [0.3, 0.4) is 0 Å². The maximum atomic E-state index is 15.6. The van der Waals surface area contributed by atoms with Crippen LogP contribution in [0, 0.1) is 5.92 Å². The minimum Gasteiger partial charge on any atom is -0.508 e. The lowest BCUT2D eigenvalue weighted by Crippen LogP contribution is -2.60. The molecule has 6 aromatic rings. The number of aliphatic hydroxyl groups is 2. The van der Waals surface area contributed by atoms with E-state index in [1.54, 1.807) is 60.9 Å². The van der Waals surface area contributed by atoms with Crippen LogP contribution in [-0.2, 0) is 107 Å². The number of carbonyl (C=O) groups excluding carboxylic acids is 16. The maximum Gasteiger partial charge on any atom is 0.305 e. The van der Waals surface area contributed by atoms with Crippen LogP contribution in [0.15, 0.2) is 97.7 Å². The fourth-order valence-corrected chi connectivity index (χ4v) is 17.1. The van der Waals surface area contributed by atoms with Crippen molar-refractivity contribution in [2.24, 2.45) is 17.4 Å². The number of unbranched alkanes of at least 4 members (excludes halogenated alkanes) is 2. The number of carboxylic acid groups (broad SMARTS) is 1. The average Bonchev–Trinajstić information content (AvgIpc) is 1.65. The number of aromatic nitrogens is 4. The van der Waals surface area contributed by atoms with Crippen LogP contribution in [0.4, 0.5) is 0 Å². The number of aromatic hydroxyl groups is 1. The number of phenolic OH excluding ortho intramolecular Hbond substituents is 1. The Morgan fingerprint density at radius 3 is 1.78 bits per heavy atom. The predicted octanol–water partition coefficient (Wildman–Crippen LogP) is -1.79. The first-order valence-corrected chi connectivity index (χ1v) is 44.8. The first-order valence-electron chi connectivity index (χ1n) is 43.6. The number of hydrogen-bond donors (Lipinski definition) is 18. The molecule has 0 aliphatic carbocycles. The van der Waals surface area contributed by atoms with Crippen molar-refractivity contribution in [3.05, 3.63) is 120 Å². The normalized spacial score (nSPS) is 25.3. The summed E-state index contributed by atoms with van der Waals surface area (Å²) in [6.45, 7) is 3.94. The zero-order chi connectivity index (χ0) is 94.7. The SMILES string of the molecule is CCCC[C@H]1C(=O)N(C)[C@@H](CCCC)C(=O)N[C@@H](C)C(=O)N[C@H](C(=O)NCC(N)=O)CSCC(=O)N[C@@H](Cc2ccc(O)cc2)C(=O)N(C)[C@@H](C)C(=O)N[C@@H](CCCN)C(=O)N2CCC[C@H]2C(=O)N[C@@H](Cc2cnc[nH]2)C(=O)N[C@@H](CC(=O)O)C(=O)N2C[C@H](O)C[C@H]2C(=O)C[C@@H](Cc2c[nH]c3ccccc23)C(=O)N[C@@H](CO)C(=O)NC(Cc2c[nH]c3ccccc23)C(=O)N1C. The van der Waals surface area contributed by atoms with Gasteiger partial charge in [-0.1, -0.05) is 88.1 Å². The molecule has 6 heterocycles. The molecule has 15 atom stereocenters. The van der Waals surface area contributed by atoms with Gasteiger partial charge in [-0.3, -0.25) is 81.5 Å². The van der Waals surface area contributed by atoms with E-state index in [2.05, 4.69) is 67.8 Å². The predicted molar refractivity (Wildman–Crippen MR) is 475 cm³/mol. The van der Waals surface area contributed by atoms with E-state index in [4.69, 9.17) is 11.5 Å². The fourth-order valence-electron chi connectivity index (χ4n) is 16.3. The number of imidazole rings is 1. The number of thioether (sulfide) groups is 1. The topological polar surface area (TPSA) is 608 Å². The monoisotopic (exact) mass is 1820 g/mol. The molecule has 3 aromatic heterocycles. The van der Waals surface area contributed by atoms with Crippen molar-refractivity contribution >= 4 is 134 Å². The Balaban J connectivity index is 1.08. The van der Waals surface area contributed by atoms with Gasteiger partial charge in [0.15, 0.2) is 5.78 Å². The summed E-state index contributed by atoms with van der Waals surface area (Å²) in [5.41, 5.74) is 14.3. The van der Waals surface area contributed by atoms with Crippen LogP contribution in [0.2, 0.25) is 0 Å². The number of fused-ring (bicyclic) bond motifs is 4. The highest BCUT2D eigenvalue weighted by atomic mass is 32.2. The molecule has 20 N–H and O–H groups in total. The van der Waals surface area contributed by atoms with Crippen LogP contribution >= 0.6 is 11.8 Å². The van der Waals surface area contributed by atoms with Gasteiger partial charge in [-0.2, -0.15) is 0 Å². The summed E-state index contributed by atoms with van der Waals surface area (Å²) in [5, 5.41) is 67.8. The van der Waals surface area contributed by atoms with Crippen LogP contribution < -0.4 is 59.3 Å². The average molecular weight is 1830 g/mol. The van der Waals surface area contributed by atoms with Gasteiger partial charge in [0, 0.05) is 124 Å². The quantitative estimate of drug-likeness (QED) is 0.0337. The summed E-state index contributed by atoms with van der Waals surface area (Å²) in [4.78, 5) is 266. The Labute approximate surface area is 754 Å². The van der Waals surface area contributed by atoms with E-state index in [-0.39, 0.29) is 94.5 Å². The number of aliphatic hydroxyl groups excluding tert-OH is 2. The minimum absolute atomic E-state index is 0.0114. The van der Waals surface area contributed by atoms with E-state index < -0.39 is 236 Å². The number of carbonyl (C=O) groups is 17. The molecular formula is C88H120N20O21S. The van der Waals surface area contributed by atoms with Crippen LogP contribution in [0.5, 0.6) is 5.75 Å². The third-order valence-electron chi connectivity index (χ3n) is 23.7. The van der Waals surface area contributed by atoms with Gasteiger partial charge in [-0.25, -0.2) is 4.98 Å². The van der Waals surface area contributed by atoms with Crippen molar-refractivity contribution in [1.29, 1.82) is 0 Å². The summed E-state index contributed by atoms with van der Waals surface area (Å²) >= 11 is 0.798. The van der Waals surface area contributed by atoms with E-state index in [0.717, 1.165) is 31.4 Å². The van der Waals surface area contributed by atoms with E-state index in [9.17, 15) is 73.2 Å². The second-order valence-electron chi connectivity index (χ2n) is 33.2. The Morgan fingerprint density at radius 1 is 0.577 bits per heavy atom. The Bertz CT molecular complexity index is 5030. The number of aliphatic carboxylic acids is 1. The van der Waals surface area contributed by atoms with Gasteiger partial charge in [0.2, 0.25) is 88.6 Å². The van der Waals surface area contributed by atoms with E-state index in [1.807, 2.05) is 13.8 Å². The lowest BCUT2D eigenvalue weighted by atomic mass is 9.90. The van der Waals surface area contributed by atoms with Crippen LogP contribution in [0.25, 0.3) is 21.8 Å². The maximum absolute atomic E-state index is 15.6. The number of likely N-dealkylation sites (N-methyl/N-ethyl adjacent to an activating group) is 3. The van der Waals surface area contributed by atoms with Crippen LogP contribution in [0.1, 0.15) is 134 Å². The standard InChI is InChI=1S/C88H120N20O21S/c1-8-10-23-68-82(123)96-48(3)76(117)103-67(79(120)94-42-73(90)113)45-130-46-74(114)97-63(32-50-26-28-55(110)29-27-50)84(125)104(5)49(4)77(118)98-61(22-16-30-89)86(127)107-31-17-25-69(107)83(124)99-62(36-54-41-91-47-95-54)80(121)101-65(38-75(115)116)87(128)108-43-56(111)37-71(108)72(112)35-51(33-52-39-92-59-20-14-12-18-57(52)59)78(119)102-66(44-109)81(122)100-64(34-53-40-93-60-21-15-13-19-58(53)60)85(126)106(7)70(24-11-9-2)88(129)105(68)6/h12-15,18-21,26-29,39-41,47-49,51,56,61-71,92-93,109-111H,8-11,16-17,22-25,30-38,42-46,89H2,1-7H3,(H2,90,113)(H,91,95)(H,94,120)(H,96,123)(H,97,114)(H,98,118)(H,99,124)(H,100,122)(H,101,121)(H,102,119)(H,103,117)(H,115,116)/t48-,49-,51+,56+,61-,62-,63-,64?,65-,66-,67-,68-,69-,70-,71-/m0/s1. The van der Waals surface area contributed by atoms with Crippen molar-refractivity contribution < 1.29 is 102 Å². The Morgan fingerprint density at radius 2 is 1.16 bits per heavy atom. The van der Waals surface area contributed by atoms with Crippen molar-refractivity contribution in [1.82, 2.24) is 92.3 Å². The van der Waals surface area contributed by atoms with Gasteiger partial charge in [-0.15, -0.1) is 11.8 Å². The van der Waals surface area contributed by atoms with Crippen molar-refractivity contribution in [2.45, 2.75) is 221 Å². The molecule has 3 aromatic carbocycles. The molecule has 0 spiro atoms. The zero-order valence-corrected chi connectivity index (χ0v) is 74.7. The molecule has 3 saturated heterocycles. The van der Waals surface area contributed by atoms with E-state index in [0.29, 0.717) is 64.2 Å². The highest BCUT2D eigenvalue weighted by molar-refractivity contribution is 8.00. The lowest BCUT2D eigenvalue weighted by Gasteiger charge is -2.36. The third kappa shape index (κ3) is 27.1. The summed E-state index contributed by atoms with van der Waals surface area (Å²) in [6.07, 6.45) is 3.04. The minimum atomic E-state index is -2.02. The Hall–Kier alpha value is -12.8. The number of aromatic amines is 3. The number of nitrogens with two attached hydrogens (primary N) is 2. The number of H-pyrrole nitrogens is 3. The number of benzene rings is 3. The number of hydrogen-bond acceptors (Lipinski definition) is 23. The molecule has 3 aliphatic rings. The van der Waals surface area contributed by atoms with Crippen molar-refractivity contribution in [2.75, 3.05) is 65.4 Å². The number of ketones is 1. The molecule has 0 bridgehead atoms. The first kappa shape index (κ1) is 101. The number of Topliss-reactive ketones (excluding diaryl/α,β-unsaturated/α-hetero) is 1. The molecule has 3 fully saturated rings. The molecule has 15 amide bonds. The molecule has 42 heteroatoms. The van der Waals surface area contributed by atoms with Crippen molar-refractivity contribution in [3.8, 4) is 5.75 Å². The number of para-hydroxylation sites is 2. The number of nitrogens with zero attached hydrogens (tertiary/aromatic N) is 6. The van der Waals surface area contributed by atoms with Gasteiger partial charge >= 0.3 is 5.97 Å². The summed E-state index contributed by atoms with van der Waals surface area (Å²) < 4.78 is 0. The van der Waals surface area contributed by atoms with Gasteiger partial charge in [0.1, 0.15) is 78.3 Å². The van der Waals surface area contributed by atoms with E-state index >= 15 is 28.8 Å². The van der Waals surface area contributed by atoms with Gasteiger partial charge in [0.05, 0.1) is 43.8 Å². The number of rotatable bonds is 23. The second kappa shape index (κ2) is 48.0. The van der Waals surface area contributed by atoms with Gasteiger partial charge in [-0.05, 0) is 106 Å². The summed E-state index contributed by atoms with van der Waals surface area (Å²) in [6, 6.07) is -0.300.